The maximum Gasteiger partial charge on any atom is 0.0935 e. The zero-order chi connectivity index (χ0) is 6.54. The third-order valence-corrected chi connectivity index (χ3v) is 2.77. The molecule has 0 aromatic rings. The highest BCUT2D eigenvalue weighted by molar-refractivity contribution is 5.13. The lowest BCUT2D eigenvalue weighted by atomic mass is 9.74. The molecule has 9 heavy (non-hydrogen) atoms. The summed E-state index contributed by atoms with van der Waals surface area (Å²) in [4.78, 5) is 0. The third kappa shape index (κ3) is 0.578. The lowest BCUT2D eigenvalue weighted by molar-refractivity contribution is -0.140. The normalized spacial score (nSPS) is 35.3. The van der Waals surface area contributed by atoms with E-state index < -0.39 is 11.2 Å². The van der Waals surface area contributed by atoms with Gasteiger partial charge in [-0.25, -0.2) is 0 Å². The van der Waals surface area contributed by atoms with E-state index in [1.807, 2.05) is 0 Å². The summed E-state index contributed by atoms with van der Waals surface area (Å²) < 4.78 is 0. The molecule has 0 atom stereocenters. The van der Waals surface area contributed by atoms with E-state index in [9.17, 15) is 10.2 Å². The van der Waals surface area contributed by atoms with Gasteiger partial charge in [-0.2, -0.15) is 0 Å². The predicted molar refractivity (Wildman–Crippen MR) is 33.0 cm³/mol. The fourth-order valence-corrected chi connectivity index (χ4v) is 1.56. The molecular formula is C7H12O2. The maximum absolute atomic E-state index is 9.56. The van der Waals surface area contributed by atoms with Gasteiger partial charge in [0.2, 0.25) is 0 Å². The van der Waals surface area contributed by atoms with Gasteiger partial charge >= 0.3 is 0 Å². The molecule has 0 saturated heterocycles. The van der Waals surface area contributed by atoms with Crippen LogP contribution in [-0.2, 0) is 0 Å². The Labute approximate surface area is 54.5 Å². The lowest BCUT2D eigenvalue weighted by Gasteiger charge is -2.41. The molecule has 0 unspecified atom stereocenters. The molecule has 52 valence electrons. The highest BCUT2D eigenvalue weighted by Crippen LogP contribution is 2.53. The third-order valence-electron chi connectivity index (χ3n) is 2.77. The summed E-state index contributed by atoms with van der Waals surface area (Å²) in [5, 5.41) is 19.0. The first-order chi connectivity index (χ1) is 4.16. The molecule has 2 saturated carbocycles. The highest BCUT2D eigenvalue weighted by atomic mass is 16.4. The Hall–Kier alpha value is -0.0800. The lowest BCUT2D eigenvalue weighted by Crippen LogP contribution is -2.49. The van der Waals surface area contributed by atoms with Crippen molar-refractivity contribution in [1.29, 1.82) is 0 Å². The Morgan fingerprint density at radius 3 is 1.33 bits per heavy atom. The standard InChI is InChI=1S/C7H12O2/c8-6(2-1-3-6)7(9)4-5-7/h8-9H,1-5H2. The van der Waals surface area contributed by atoms with Crippen molar-refractivity contribution in [3.05, 3.63) is 0 Å². The minimum atomic E-state index is -0.674. The summed E-state index contributed by atoms with van der Waals surface area (Å²) in [6.07, 6.45) is 4.32. The fourth-order valence-electron chi connectivity index (χ4n) is 1.56. The zero-order valence-electron chi connectivity index (χ0n) is 5.43. The van der Waals surface area contributed by atoms with Crippen LogP contribution in [0.3, 0.4) is 0 Å². The first-order valence-corrected chi connectivity index (χ1v) is 3.61. The maximum atomic E-state index is 9.56. The minimum absolute atomic E-state index is 0.661. The second kappa shape index (κ2) is 1.32. The van der Waals surface area contributed by atoms with Crippen LogP contribution in [0.25, 0.3) is 0 Å². The molecule has 0 aromatic heterocycles. The van der Waals surface area contributed by atoms with Crippen LogP contribution in [0.2, 0.25) is 0 Å². The Morgan fingerprint density at radius 1 is 0.778 bits per heavy atom. The Kier molecular flexibility index (Phi) is 0.837. The number of rotatable bonds is 1. The highest BCUT2D eigenvalue weighted by Gasteiger charge is 2.60. The summed E-state index contributed by atoms with van der Waals surface area (Å²) in [5.74, 6) is 0. The number of aliphatic hydroxyl groups is 2. The van der Waals surface area contributed by atoms with E-state index in [4.69, 9.17) is 0 Å². The van der Waals surface area contributed by atoms with Crippen molar-refractivity contribution in [2.24, 2.45) is 0 Å². The van der Waals surface area contributed by atoms with Gasteiger partial charge in [0, 0.05) is 0 Å². The first kappa shape index (κ1) is 5.69. The van der Waals surface area contributed by atoms with Crippen LogP contribution in [0.4, 0.5) is 0 Å². The van der Waals surface area contributed by atoms with Crippen molar-refractivity contribution in [2.45, 2.75) is 43.3 Å². The summed E-state index contributed by atoms with van der Waals surface area (Å²) in [5.41, 5.74) is -1.34. The first-order valence-electron chi connectivity index (χ1n) is 3.61. The molecule has 2 N–H and O–H groups in total. The van der Waals surface area contributed by atoms with Gasteiger partial charge < -0.3 is 10.2 Å². The quantitative estimate of drug-likeness (QED) is 0.537. The molecule has 0 aliphatic heterocycles. The van der Waals surface area contributed by atoms with Gasteiger partial charge in [0.05, 0.1) is 11.2 Å². The van der Waals surface area contributed by atoms with Crippen LogP contribution < -0.4 is 0 Å². The van der Waals surface area contributed by atoms with E-state index in [2.05, 4.69) is 0 Å². The summed E-state index contributed by atoms with van der Waals surface area (Å²) in [6.45, 7) is 0. The van der Waals surface area contributed by atoms with E-state index in [1.165, 1.54) is 0 Å². The van der Waals surface area contributed by atoms with Gasteiger partial charge in [0.25, 0.3) is 0 Å². The molecule has 2 heteroatoms. The molecular weight excluding hydrogens is 116 g/mol. The van der Waals surface area contributed by atoms with Gasteiger partial charge in [0.15, 0.2) is 0 Å². The van der Waals surface area contributed by atoms with Crippen molar-refractivity contribution in [2.75, 3.05) is 0 Å². The zero-order valence-corrected chi connectivity index (χ0v) is 5.43. The van der Waals surface area contributed by atoms with E-state index in [-0.39, 0.29) is 0 Å². The minimum Gasteiger partial charge on any atom is -0.387 e. The number of hydrogen-bond donors (Lipinski definition) is 2. The molecule has 0 radical (unpaired) electrons. The summed E-state index contributed by atoms with van der Waals surface area (Å²) >= 11 is 0. The Morgan fingerprint density at radius 2 is 1.22 bits per heavy atom. The molecule has 2 fully saturated rings. The molecule has 0 bridgehead atoms. The van der Waals surface area contributed by atoms with E-state index in [0.717, 1.165) is 32.1 Å². The molecule has 0 heterocycles. The SMILES string of the molecule is OC1(C2(O)CC2)CCC1. The average Bonchev–Trinajstić information content (AvgIpc) is 2.43. The van der Waals surface area contributed by atoms with Crippen molar-refractivity contribution in [3.63, 3.8) is 0 Å². The molecule has 2 aliphatic rings. The second-order valence-electron chi connectivity index (χ2n) is 3.42. The number of hydrogen-bond acceptors (Lipinski definition) is 2. The van der Waals surface area contributed by atoms with Crippen LogP contribution in [0.15, 0.2) is 0 Å². The van der Waals surface area contributed by atoms with Gasteiger partial charge in [-0.1, -0.05) is 0 Å². The van der Waals surface area contributed by atoms with Gasteiger partial charge in [0.1, 0.15) is 0 Å². The largest absolute Gasteiger partial charge is 0.387 e. The van der Waals surface area contributed by atoms with Crippen LogP contribution in [0.5, 0.6) is 0 Å². The monoisotopic (exact) mass is 128 g/mol. The van der Waals surface area contributed by atoms with Crippen molar-refractivity contribution in [1.82, 2.24) is 0 Å². The van der Waals surface area contributed by atoms with E-state index in [1.54, 1.807) is 0 Å². The Balaban J connectivity index is 2.11. The van der Waals surface area contributed by atoms with Crippen molar-refractivity contribution >= 4 is 0 Å². The molecule has 0 spiro atoms. The summed E-state index contributed by atoms with van der Waals surface area (Å²) in [6, 6.07) is 0. The van der Waals surface area contributed by atoms with Crippen LogP contribution >= 0.6 is 0 Å². The summed E-state index contributed by atoms with van der Waals surface area (Å²) in [7, 11) is 0. The molecule has 0 aromatic carbocycles. The van der Waals surface area contributed by atoms with Crippen LogP contribution in [-0.4, -0.2) is 21.4 Å². The predicted octanol–water partition coefficient (Wildman–Crippen LogP) is 0.426. The average molecular weight is 128 g/mol. The molecule has 0 amide bonds. The molecule has 2 aliphatic carbocycles. The smallest absolute Gasteiger partial charge is 0.0935 e. The van der Waals surface area contributed by atoms with Crippen molar-refractivity contribution < 1.29 is 10.2 Å². The Bertz CT molecular complexity index is 134. The van der Waals surface area contributed by atoms with Gasteiger partial charge in [-0.05, 0) is 32.1 Å². The topological polar surface area (TPSA) is 40.5 Å². The fraction of sp³-hybridized carbons (Fsp3) is 1.00. The molecule has 2 rings (SSSR count). The van der Waals surface area contributed by atoms with Crippen LogP contribution in [0.1, 0.15) is 32.1 Å². The van der Waals surface area contributed by atoms with Gasteiger partial charge in [-0.3, -0.25) is 0 Å². The van der Waals surface area contributed by atoms with Crippen molar-refractivity contribution in [3.8, 4) is 0 Å². The van der Waals surface area contributed by atoms with E-state index in [0.29, 0.717) is 0 Å². The van der Waals surface area contributed by atoms with Gasteiger partial charge in [-0.15, -0.1) is 0 Å². The van der Waals surface area contributed by atoms with Crippen LogP contribution in [0, 0.1) is 0 Å². The molecule has 2 nitrogen and oxygen atoms in total. The van der Waals surface area contributed by atoms with E-state index >= 15 is 0 Å². The second-order valence-corrected chi connectivity index (χ2v) is 3.42.